The van der Waals surface area contributed by atoms with E-state index in [-0.39, 0.29) is 28.8 Å². The number of piperidine rings is 1. The third kappa shape index (κ3) is 4.60. The summed E-state index contributed by atoms with van der Waals surface area (Å²) in [6, 6.07) is 10.3. The van der Waals surface area contributed by atoms with E-state index in [1.807, 2.05) is 4.90 Å². The zero-order chi connectivity index (χ0) is 21.0. The van der Waals surface area contributed by atoms with Crippen LogP contribution in [0.3, 0.4) is 0 Å². The Morgan fingerprint density at radius 3 is 2.76 bits per heavy atom. The van der Waals surface area contributed by atoms with E-state index < -0.39 is 14.9 Å². The first-order valence-corrected chi connectivity index (χ1v) is 10.6. The molecule has 0 amide bonds. The Labute approximate surface area is 169 Å². The second-order valence-electron chi connectivity index (χ2n) is 6.85. The minimum atomic E-state index is -4.14. The Hall–Kier alpha value is -2.85. The number of anilines is 2. The average molecular weight is 421 g/mol. The Morgan fingerprint density at radius 2 is 2.07 bits per heavy atom. The first-order chi connectivity index (χ1) is 13.9. The summed E-state index contributed by atoms with van der Waals surface area (Å²) >= 11 is 0. The summed E-state index contributed by atoms with van der Waals surface area (Å²) in [5, 5.41) is 20.7. The van der Waals surface area contributed by atoms with Crippen molar-refractivity contribution in [2.75, 3.05) is 36.4 Å². The number of rotatable bonds is 7. The maximum Gasteiger partial charge on any atom is 0.270 e. The monoisotopic (exact) mass is 421 g/mol. The summed E-state index contributed by atoms with van der Waals surface area (Å²) in [5.41, 5.74) is 0.292. The quantitative estimate of drug-likeness (QED) is 0.520. The molecule has 2 aromatic carbocycles. The highest BCUT2D eigenvalue weighted by Crippen LogP contribution is 2.34. The molecule has 1 fully saturated rings. The summed E-state index contributed by atoms with van der Waals surface area (Å²) in [6.45, 7) is 1.09. The van der Waals surface area contributed by atoms with Crippen LogP contribution in [0.4, 0.5) is 17.1 Å². The first kappa shape index (κ1) is 20.9. The first-order valence-electron chi connectivity index (χ1n) is 9.16. The molecule has 1 aliphatic heterocycles. The van der Waals surface area contributed by atoms with Crippen molar-refractivity contribution < 1.29 is 23.2 Å². The Kier molecular flexibility index (Phi) is 6.23. The van der Waals surface area contributed by atoms with Gasteiger partial charge in [0, 0.05) is 31.8 Å². The molecule has 2 N–H and O–H groups in total. The van der Waals surface area contributed by atoms with Crippen molar-refractivity contribution in [3.63, 3.8) is 0 Å². The van der Waals surface area contributed by atoms with E-state index in [9.17, 15) is 23.6 Å². The molecule has 1 heterocycles. The zero-order valence-corrected chi connectivity index (χ0v) is 16.8. The molecule has 2 aromatic rings. The van der Waals surface area contributed by atoms with Crippen molar-refractivity contribution in [2.45, 2.75) is 17.7 Å². The van der Waals surface area contributed by atoms with Crippen molar-refractivity contribution in [3.05, 3.63) is 52.6 Å². The molecule has 0 bridgehead atoms. The molecule has 29 heavy (non-hydrogen) atoms. The number of nitro groups is 1. The molecule has 3 rings (SSSR count). The zero-order valence-electron chi connectivity index (χ0n) is 15.9. The van der Waals surface area contributed by atoms with Gasteiger partial charge in [-0.3, -0.25) is 14.8 Å². The Morgan fingerprint density at radius 1 is 1.31 bits per heavy atom. The highest BCUT2D eigenvalue weighted by molar-refractivity contribution is 7.93. The van der Waals surface area contributed by atoms with Gasteiger partial charge in [0.1, 0.15) is 10.6 Å². The fourth-order valence-electron chi connectivity index (χ4n) is 3.45. The lowest BCUT2D eigenvalue weighted by Gasteiger charge is -2.34. The number of benzene rings is 2. The van der Waals surface area contributed by atoms with Gasteiger partial charge in [0.2, 0.25) is 0 Å². The number of methoxy groups -OCH3 is 1. The number of sulfonamides is 1. The van der Waals surface area contributed by atoms with E-state index in [0.29, 0.717) is 24.5 Å². The van der Waals surface area contributed by atoms with Crippen molar-refractivity contribution in [2.24, 2.45) is 5.92 Å². The summed E-state index contributed by atoms with van der Waals surface area (Å²) in [7, 11) is -2.72. The van der Waals surface area contributed by atoms with Crippen LogP contribution >= 0.6 is 0 Å². The van der Waals surface area contributed by atoms with Gasteiger partial charge >= 0.3 is 0 Å². The van der Waals surface area contributed by atoms with Gasteiger partial charge < -0.3 is 14.7 Å². The number of aliphatic hydroxyl groups is 1. The van der Waals surface area contributed by atoms with Gasteiger partial charge in [-0.05, 0) is 37.0 Å². The smallest absolute Gasteiger partial charge is 0.270 e. The lowest BCUT2D eigenvalue weighted by molar-refractivity contribution is -0.385. The van der Waals surface area contributed by atoms with Crippen molar-refractivity contribution in [1.29, 1.82) is 0 Å². The predicted octanol–water partition coefficient (Wildman–Crippen LogP) is 2.61. The molecule has 0 spiro atoms. The summed E-state index contributed by atoms with van der Waals surface area (Å²) < 4.78 is 34.1. The van der Waals surface area contributed by atoms with Crippen LogP contribution in [0.5, 0.6) is 5.75 Å². The number of non-ortho nitro benzene ring substituents is 1. The van der Waals surface area contributed by atoms with Crippen molar-refractivity contribution in [1.82, 2.24) is 0 Å². The van der Waals surface area contributed by atoms with Crippen LogP contribution in [0, 0.1) is 16.0 Å². The SMILES string of the molecule is COc1ccccc1NS(=O)(=O)c1cc([N+](=O)[O-])ccc1N1CCCC(CO)C1. The van der Waals surface area contributed by atoms with E-state index in [1.165, 1.54) is 19.2 Å². The fourth-order valence-corrected chi connectivity index (χ4v) is 4.77. The normalized spacial score (nSPS) is 17.0. The number of nitro benzene ring substituents is 1. The number of ether oxygens (including phenoxy) is 1. The Balaban J connectivity index is 2.05. The van der Waals surface area contributed by atoms with Gasteiger partial charge in [-0.2, -0.15) is 0 Å². The molecule has 9 nitrogen and oxygen atoms in total. The molecule has 1 aliphatic rings. The van der Waals surface area contributed by atoms with E-state index >= 15 is 0 Å². The summed E-state index contributed by atoms with van der Waals surface area (Å²) in [4.78, 5) is 12.3. The number of hydrogen-bond donors (Lipinski definition) is 2. The van der Waals surface area contributed by atoms with Crippen LogP contribution < -0.4 is 14.4 Å². The second-order valence-corrected chi connectivity index (χ2v) is 8.50. The molecule has 0 aromatic heterocycles. The van der Waals surface area contributed by atoms with Crippen LogP contribution in [-0.4, -0.2) is 45.3 Å². The van der Waals surface area contributed by atoms with Crippen LogP contribution in [0.2, 0.25) is 0 Å². The molecule has 0 aliphatic carbocycles. The third-order valence-corrected chi connectivity index (χ3v) is 6.31. The lowest BCUT2D eigenvalue weighted by Crippen LogP contribution is -2.37. The van der Waals surface area contributed by atoms with Crippen LogP contribution in [0.15, 0.2) is 47.4 Å². The maximum absolute atomic E-state index is 13.2. The largest absolute Gasteiger partial charge is 0.495 e. The van der Waals surface area contributed by atoms with Crippen molar-refractivity contribution in [3.8, 4) is 5.75 Å². The van der Waals surface area contributed by atoms with Crippen LogP contribution in [0.1, 0.15) is 12.8 Å². The molecule has 0 saturated carbocycles. The van der Waals surface area contributed by atoms with Crippen LogP contribution in [0.25, 0.3) is 0 Å². The van der Waals surface area contributed by atoms with Gasteiger partial charge in [0.05, 0.1) is 23.4 Å². The minimum absolute atomic E-state index is 0.00499. The van der Waals surface area contributed by atoms with Gasteiger partial charge in [0.15, 0.2) is 0 Å². The second kappa shape index (κ2) is 8.66. The maximum atomic E-state index is 13.2. The fraction of sp³-hybridized carbons (Fsp3) is 0.368. The standard InChI is InChI=1S/C19H23N3O6S/c1-28-18-7-3-2-6-16(18)20-29(26,27)19-11-15(22(24)25)8-9-17(19)21-10-4-5-14(12-21)13-23/h2-3,6-9,11,14,20,23H,4-5,10,12-13H2,1H3. The molecule has 156 valence electrons. The van der Waals surface area contributed by atoms with E-state index in [0.717, 1.165) is 18.9 Å². The summed E-state index contributed by atoms with van der Waals surface area (Å²) in [6.07, 6.45) is 1.64. The molecular weight excluding hydrogens is 398 g/mol. The van der Waals surface area contributed by atoms with Crippen LogP contribution in [-0.2, 0) is 10.0 Å². The lowest BCUT2D eigenvalue weighted by atomic mass is 9.98. The van der Waals surface area contributed by atoms with E-state index in [1.54, 1.807) is 24.3 Å². The average Bonchev–Trinajstić information content (AvgIpc) is 2.73. The number of nitrogens with one attached hydrogen (secondary N) is 1. The van der Waals surface area contributed by atoms with Gasteiger partial charge in [0.25, 0.3) is 15.7 Å². The Bertz CT molecular complexity index is 995. The molecule has 1 saturated heterocycles. The number of hydrogen-bond acceptors (Lipinski definition) is 7. The number of nitrogens with zero attached hydrogens (tertiary/aromatic N) is 2. The topological polar surface area (TPSA) is 122 Å². The molecule has 10 heteroatoms. The van der Waals surface area contributed by atoms with Gasteiger partial charge in [-0.25, -0.2) is 8.42 Å². The number of aliphatic hydroxyl groups excluding tert-OH is 1. The minimum Gasteiger partial charge on any atom is -0.495 e. The van der Waals surface area contributed by atoms with Gasteiger partial charge in [-0.15, -0.1) is 0 Å². The predicted molar refractivity (Wildman–Crippen MR) is 109 cm³/mol. The summed E-state index contributed by atoms with van der Waals surface area (Å²) in [5.74, 6) is 0.359. The third-order valence-electron chi connectivity index (χ3n) is 4.91. The van der Waals surface area contributed by atoms with Gasteiger partial charge in [-0.1, -0.05) is 12.1 Å². The molecule has 0 radical (unpaired) electrons. The van der Waals surface area contributed by atoms with E-state index in [2.05, 4.69) is 4.72 Å². The molecule has 1 unspecified atom stereocenters. The van der Waals surface area contributed by atoms with E-state index in [4.69, 9.17) is 4.74 Å². The molecular formula is C19H23N3O6S. The number of para-hydroxylation sites is 2. The highest BCUT2D eigenvalue weighted by Gasteiger charge is 2.28. The van der Waals surface area contributed by atoms with Crippen molar-refractivity contribution >= 4 is 27.1 Å². The molecule has 1 atom stereocenters. The highest BCUT2D eigenvalue weighted by atomic mass is 32.2.